The van der Waals surface area contributed by atoms with E-state index in [2.05, 4.69) is 26.3 Å². The molecule has 1 aromatic heterocycles. The minimum absolute atomic E-state index is 0.0491. The van der Waals surface area contributed by atoms with Crippen molar-refractivity contribution in [1.29, 1.82) is 0 Å². The average Bonchev–Trinajstić information content (AvgIpc) is 2.29. The number of halogens is 1. The number of carbonyl (C=O) groups excluding carboxylic acids is 1. The molecule has 0 spiro atoms. The molecule has 0 unspecified atom stereocenters. The van der Waals surface area contributed by atoms with E-state index in [1.54, 1.807) is 10.7 Å². The van der Waals surface area contributed by atoms with Crippen LogP contribution in [0, 0.1) is 0 Å². The molecule has 0 aliphatic carbocycles. The molecule has 0 radical (unpaired) electrons. The Morgan fingerprint density at radius 2 is 2.58 bits per heavy atom. The van der Waals surface area contributed by atoms with Gasteiger partial charge in [-0.25, -0.2) is 0 Å². The van der Waals surface area contributed by atoms with Crippen molar-refractivity contribution in [3.63, 3.8) is 0 Å². The maximum absolute atomic E-state index is 11.3. The van der Waals surface area contributed by atoms with Gasteiger partial charge in [-0.05, 0) is 22.9 Å². The number of amides is 1. The van der Waals surface area contributed by atoms with E-state index in [1.165, 1.54) is 0 Å². The van der Waals surface area contributed by atoms with Gasteiger partial charge in [0.15, 0.2) is 0 Å². The van der Waals surface area contributed by atoms with Crippen LogP contribution in [-0.4, -0.2) is 21.7 Å². The number of hydrogen-bond donors (Lipinski definition) is 1. The third kappa shape index (κ3) is 1.14. The number of nitrogens with one attached hydrogen (secondary N) is 1. The minimum Gasteiger partial charge on any atom is -0.346 e. The van der Waals surface area contributed by atoms with Gasteiger partial charge in [-0.3, -0.25) is 9.48 Å². The first-order valence-electron chi connectivity index (χ1n) is 3.71. The van der Waals surface area contributed by atoms with E-state index >= 15 is 0 Å². The van der Waals surface area contributed by atoms with E-state index in [4.69, 9.17) is 0 Å². The summed E-state index contributed by atoms with van der Waals surface area (Å²) in [6, 6.07) is 1.89. The zero-order chi connectivity index (χ0) is 8.72. The van der Waals surface area contributed by atoms with Crippen LogP contribution in [0.3, 0.4) is 0 Å². The second-order valence-corrected chi connectivity index (χ2v) is 3.72. The fraction of sp³-hybridized carbons (Fsp3) is 0.429. The molecular weight excluding hydrogens is 222 g/mol. The maximum Gasteiger partial charge on any atom is 0.269 e. The zero-order valence-electron chi connectivity index (χ0n) is 6.54. The lowest BCUT2D eigenvalue weighted by Gasteiger charge is -2.20. The molecule has 1 aliphatic heterocycles. The number of rotatable bonds is 0. The van der Waals surface area contributed by atoms with Gasteiger partial charge in [-0.2, -0.15) is 5.10 Å². The first-order chi connectivity index (χ1) is 5.66. The Kier molecular flexibility index (Phi) is 1.68. The Hall–Kier alpha value is -0.840. The minimum atomic E-state index is -0.0491. The van der Waals surface area contributed by atoms with Crippen LogP contribution in [-0.2, 0) is 6.54 Å². The van der Waals surface area contributed by atoms with Crippen molar-refractivity contribution < 1.29 is 4.79 Å². The van der Waals surface area contributed by atoms with Crippen molar-refractivity contribution in [2.75, 3.05) is 0 Å². The molecule has 12 heavy (non-hydrogen) atoms. The van der Waals surface area contributed by atoms with Crippen LogP contribution in [0.1, 0.15) is 17.4 Å². The molecule has 0 saturated carbocycles. The normalized spacial score (nSPS) is 21.8. The molecule has 0 aromatic carbocycles. The maximum atomic E-state index is 11.3. The van der Waals surface area contributed by atoms with Gasteiger partial charge in [-0.15, -0.1) is 0 Å². The number of aromatic nitrogens is 2. The van der Waals surface area contributed by atoms with Crippen LogP contribution in [0.5, 0.6) is 0 Å². The van der Waals surface area contributed by atoms with Gasteiger partial charge < -0.3 is 5.32 Å². The van der Waals surface area contributed by atoms with Crippen molar-refractivity contribution in [2.45, 2.75) is 19.5 Å². The highest BCUT2D eigenvalue weighted by atomic mass is 79.9. The van der Waals surface area contributed by atoms with Crippen LogP contribution in [0.15, 0.2) is 10.7 Å². The third-order valence-corrected chi connectivity index (χ3v) is 2.19. The molecule has 1 aromatic rings. The summed E-state index contributed by atoms with van der Waals surface area (Å²) in [6.07, 6.45) is 0. The predicted molar refractivity (Wildman–Crippen MR) is 46.9 cm³/mol. The summed E-state index contributed by atoms with van der Waals surface area (Å²) in [4.78, 5) is 11.3. The number of nitrogens with zero attached hydrogens (tertiary/aromatic N) is 2. The highest BCUT2D eigenvalue weighted by molar-refractivity contribution is 9.10. The van der Waals surface area contributed by atoms with Crippen LogP contribution in [0.2, 0.25) is 0 Å². The summed E-state index contributed by atoms with van der Waals surface area (Å²) in [5.41, 5.74) is 0.625. The van der Waals surface area contributed by atoms with Crippen LogP contribution >= 0.6 is 15.9 Å². The quantitative estimate of drug-likeness (QED) is 0.715. The fourth-order valence-electron chi connectivity index (χ4n) is 1.31. The number of hydrogen-bond acceptors (Lipinski definition) is 2. The van der Waals surface area contributed by atoms with Crippen LogP contribution < -0.4 is 5.32 Å². The molecular formula is C7H8BrN3O. The molecule has 1 N–H and O–H groups in total. The average molecular weight is 230 g/mol. The largest absolute Gasteiger partial charge is 0.346 e. The van der Waals surface area contributed by atoms with E-state index in [0.717, 1.165) is 6.54 Å². The van der Waals surface area contributed by atoms with Gasteiger partial charge in [0, 0.05) is 12.1 Å². The van der Waals surface area contributed by atoms with Gasteiger partial charge >= 0.3 is 0 Å². The second-order valence-electron chi connectivity index (χ2n) is 2.91. The highest BCUT2D eigenvalue weighted by Gasteiger charge is 2.22. The topological polar surface area (TPSA) is 46.9 Å². The summed E-state index contributed by atoms with van der Waals surface area (Å²) in [5, 5.41) is 6.95. The molecule has 0 bridgehead atoms. The third-order valence-electron chi connectivity index (χ3n) is 1.81. The lowest BCUT2D eigenvalue weighted by Crippen LogP contribution is -2.42. The summed E-state index contributed by atoms with van der Waals surface area (Å²) >= 11 is 3.23. The number of carbonyl (C=O) groups is 1. The van der Waals surface area contributed by atoms with Gasteiger partial charge in [-0.1, -0.05) is 0 Å². The molecule has 2 heterocycles. The van der Waals surface area contributed by atoms with Crippen molar-refractivity contribution in [1.82, 2.24) is 15.1 Å². The van der Waals surface area contributed by atoms with Crippen molar-refractivity contribution in [3.8, 4) is 0 Å². The Morgan fingerprint density at radius 3 is 3.33 bits per heavy atom. The van der Waals surface area contributed by atoms with E-state index in [1.807, 2.05) is 6.92 Å². The molecule has 1 amide bonds. The summed E-state index contributed by atoms with van der Waals surface area (Å²) in [6.45, 7) is 2.70. The molecule has 4 nitrogen and oxygen atoms in total. The Balaban J connectivity index is 2.46. The van der Waals surface area contributed by atoms with Gasteiger partial charge in [0.25, 0.3) is 5.91 Å². The lowest BCUT2D eigenvalue weighted by molar-refractivity contribution is 0.0901. The monoisotopic (exact) mass is 229 g/mol. The summed E-state index contributed by atoms with van der Waals surface area (Å²) in [7, 11) is 0. The molecule has 5 heteroatoms. The van der Waals surface area contributed by atoms with Crippen molar-refractivity contribution in [3.05, 3.63) is 16.4 Å². The molecule has 0 fully saturated rings. The lowest BCUT2D eigenvalue weighted by atomic mass is 10.2. The molecule has 2 rings (SSSR count). The van der Waals surface area contributed by atoms with E-state index in [-0.39, 0.29) is 11.9 Å². The molecule has 0 saturated heterocycles. The fourth-order valence-corrected chi connectivity index (χ4v) is 1.72. The van der Waals surface area contributed by atoms with Crippen LogP contribution in [0.25, 0.3) is 0 Å². The SMILES string of the molecule is C[C@@H]1Cn2nc(Br)cc2C(=O)N1. The van der Waals surface area contributed by atoms with Crippen molar-refractivity contribution in [2.24, 2.45) is 0 Å². The van der Waals surface area contributed by atoms with Crippen LogP contribution in [0.4, 0.5) is 0 Å². The number of fused-ring (bicyclic) bond motifs is 1. The first-order valence-corrected chi connectivity index (χ1v) is 4.50. The Bertz CT molecular complexity index is 333. The van der Waals surface area contributed by atoms with E-state index < -0.39 is 0 Å². The molecule has 64 valence electrons. The van der Waals surface area contributed by atoms with Crippen molar-refractivity contribution >= 4 is 21.8 Å². The van der Waals surface area contributed by atoms with Gasteiger partial charge in [0.1, 0.15) is 10.3 Å². The van der Waals surface area contributed by atoms with Gasteiger partial charge in [0.05, 0.1) is 6.54 Å². The smallest absolute Gasteiger partial charge is 0.269 e. The van der Waals surface area contributed by atoms with E-state index in [0.29, 0.717) is 10.3 Å². The standard InChI is InChI=1S/C7H8BrN3O/c1-4-3-11-5(7(12)9-4)2-6(8)10-11/h2,4H,3H2,1H3,(H,9,12)/t4-/m1/s1. The molecule has 1 aliphatic rings. The summed E-state index contributed by atoms with van der Waals surface area (Å²) in [5.74, 6) is -0.0491. The summed E-state index contributed by atoms with van der Waals surface area (Å²) < 4.78 is 2.43. The predicted octanol–water partition coefficient (Wildman–Crippen LogP) is 0.778. The highest BCUT2D eigenvalue weighted by Crippen LogP contribution is 2.14. The Morgan fingerprint density at radius 1 is 1.83 bits per heavy atom. The second kappa shape index (κ2) is 2.58. The zero-order valence-corrected chi connectivity index (χ0v) is 8.13. The molecule has 1 atom stereocenters. The van der Waals surface area contributed by atoms with Gasteiger partial charge in [0.2, 0.25) is 0 Å². The Labute approximate surface area is 78.1 Å². The first kappa shape index (κ1) is 7.79. The van der Waals surface area contributed by atoms with E-state index in [9.17, 15) is 4.79 Å².